The number of carbonyl (C=O) groups excluding carboxylic acids is 1. The molecule has 28 heavy (non-hydrogen) atoms. The lowest BCUT2D eigenvalue weighted by Crippen LogP contribution is -2.31. The van der Waals surface area contributed by atoms with E-state index in [-0.39, 0.29) is 24.1 Å². The SMILES string of the molecule is COc1cc(-c2nc3ccc(Br)cc3c(C)c2CC(=O)NC(C)C)ccc1F. The van der Waals surface area contributed by atoms with E-state index < -0.39 is 5.82 Å². The summed E-state index contributed by atoms with van der Waals surface area (Å²) < 4.78 is 20.0. The third-order valence-electron chi connectivity index (χ3n) is 4.54. The molecule has 1 aromatic heterocycles. The highest BCUT2D eigenvalue weighted by Crippen LogP contribution is 2.33. The van der Waals surface area contributed by atoms with Crippen molar-refractivity contribution in [2.24, 2.45) is 0 Å². The van der Waals surface area contributed by atoms with Gasteiger partial charge in [0.2, 0.25) is 5.91 Å². The van der Waals surface area contributed by atoms with Crippen LogP contribution < -0.4 is 10.1 Å². The molecule has 0 saturated carbocycles. The van der Waals surface area contributed by atoms with Crippen LogP contribution in [0.25, 0.3) is 22.2 Å². The number of aryl methyl sites for hydroxylation is 1. The fourth-order valence-corrected chi connectivity index (χ4v) is 3.59. The van der Waals surface area contributed by atoms with Crippen molar-refractivity contribution in [3.63, 3.8) is 0 Å². The van der Waals surface area contributed by atoms with Crippen LogP contribution in [0.15, 0.2) is 40.9 Å². The molecule has 6 heteroatoms. The summed E-state index contributed by atoms with van der Waals surface area (Å²) in [5, 5.41) is 3.90. The van der Waals surface area contributed by atoms with Gasteiger partial charge in [0, 0.05) is 21.5 Å². The smallest absolute Gasteiger partial charge is 0.224 e. The van der Waals surface area contributed by atoms with Gasteiger partial charge in [-0.25, -0.2) is 9.37 Å². The summed E-state index contributed by atoms with van der Waals surface area (Å²) in [6.07, 6.45) is 0.189. The van der Waals surface area contributed by atoms with Gasteiger partial charge in [-0.1, -0.05) is 15.9 Å². The van der Waals surface area contributed by atoms with E-state index >= 15 is 0 Å². The molecule has 4 nitrogen and oxygen atoms in total. The molecule has 146 valence electrons. The zero-order valence-electron chi connectivity index (χ0n) is 16.3. The first-order chi connectivity index (χ1) is 13.3. The first-order valence-electron chi connectivity index (χ1n) is 9.02. The van der Waals surface area contributed by atoms with Gasteiger partial charge in [-0.15, -0.1) is 0 Å². The lowest BCUT2D eigenvalue weighted by atomic mass is 9.95. The molecule has 0 spiro atoms. The number of ether oxygens (including phenoxy) is 1. The molecule has 0 aliphatic carbocycles. The molecule has 0 radical (unpaired) electrons. The lowest BCUT2D eigenvalue weighted by molar-refractivity contribution is -0.120. The summed E-state index contributed by atoms with van der Waals surface area (Å²) in [6, 6.07) is 10.5. The van der Waals surface area contributed by atoms with E-state index in [1.165, 1.54) is 13.2 Å². The number of hydrogen-bond acceptors (Lipinski definition) is 3. The van der Waals surface area contributed by atoms with Gasteiger partial charge in [0.05, 0.1) is 24.7 Å². The number of pyridine rings is 1. The van der Waals surface area contributed by atoms with Crippen LogP contribution in [0.5, 0.6) is 5.75 Å². The van der Waals surface area contributed by atoms with Gasteiger partial charge in [-0.3, -0.25) is 4.79 Å². The second-order valence-electron chi connectivity index (χ2n) is 6.97. The van der Waals surface area contributed by atoms with Gasteiger partial charge < -0.3 is 10.1 Å². The maximum absolute atomic E-state index is 13.9. The van der Waals surface area contributed by atoms with Crippen LogP contribution in [-0.2, 0) is 11.2 Å². The Morgan fingerprint density at radius 1 is 1.25 bits per heavy atom. The number of nitrogens with one attached hydrogen (secondary N) is 1. The van der Waals surface area contributed by atoms with E-state index in [0.29, 0.717) is 11.3 Å². The molecule has 3 aromatic rings. The van der Waals surface area contributed by atoms with Crippen molar-refractivity contribution >= 4 is 32.7 Å². The molecular formula is C22H22BrFN2O2. The molecule has 2 aromatic carbocycles. The maximum atomic E-state index is 13.9. The summed E-state index contributed by atoms with van der Waals surface area (Å²) in [4.78, 5) is 17.3. The van der Waals surface area contributed by atoms with Crippen molar-refractivity contribution in [3.8, 4) is 17.0 Å². The van der Waals surface area contributed by atoms with Crippen molar-refractivity contribution in [2.75, 3.05) is 7.11 Å². The maximum Gasteiger partial charge on any atom is 0.224 e. The first kappa shape index (κ1) is 20.3. The lowest BCUT2D eigenvalue weighted by Gasteiger charge is -2.17. The number of benzene rings is 2. The normalized spacial score (nSPS) is 11.1. The minimum atomic E-state index is -0.438. The summed E-state index contributed by atoms with van der Waals surface area (Å²) in [5.41, 5.74) is 3.97. The third kappa shape index (κ3) is 4.17. The number of aromatic nitrogens is 1. The Morgan fingerprint density at radius 3 is 2.68 bits per heavy atom. The molecule has 0 saturated heterocycles. The van der Waals surface area contributed by atoms with Gasteiger partial charge in [-0.2, -0.15) is 0 Å². The average molecular weight is 445 g/mol. The van der Waals surface area contributed by atoms with E-state index in [9.17, 15) is 9.18 Å². The van der Waals surface area contributed by atoms with Crippen LogP contribution in [0.4, 0.5) is 4.39 Å². The second-order valence-corrected chi connectivity index (χ2v) is 7.89. The quantitative estimate of drug-likeness (QED) is 0.589. The van der Waals surface area contributed by atoms with Crippen molar-refractivity contribution in [1.29, 1.82) is 0 Å². The predicted octanol–water partition coefficient (Wildman–Crippen LogP) is 5.19. The highest BCUT2D eigenvalue weighted by atomic mass is 79.9. The Kier molecular flexibility index (Phi) is 5.98. The van der Waals surface area contributed by atoms with Gasteiger partial charge >= 0.3 is 0 Å². The number of rotatable bonds is 5. The Bertz CT molecular complexity index is 1050. The molecule has 1 amide bonds. The van der Waals surface area contributed by atoms with E-state index in [2.05, 4.69) is 21.2 Å². The highest BCUT2D eigenvalue weighted by Gasteiger charge is 2.18. The largest absolute Gasteiger partial charge is 0.494 e. The number of hydrogen-bond donors (Lipinski definition) is 1. The number of amides is 1. The third-order valence-corrected chi connectivity index (χ3v) is 5.04. The number of fused-ring (bicyclic) bond motifs is 1. The number of carbonyl (C=O) groups is 1. The van der Waals surface area contributed by atoms with Crippen molar-refractivity contribution in [2.45, 2.75) is 33.2 Å². The van der Waals surface area contributed by atoms with E-state index in [4.69, 9.17) is 9.72 Å². The van der Waals surface area contributed by atoms with Gasteiger partial charge in [0.15, 0.2) is 11.6 Å². The van der Waals surface area contributed by atoms with Crippen LogP contribution >= 0.6 is 15.9 Å². The minimum absolute atomic E-state index is 0.0460. The molecule has 0 unspecified atom stereocenters. The fourth-order valence-electron chi connectivity index (χ4n) is 3.23. The molecule has 1 N–H and O–H groups in total. The number of nitrogens with zero attached hydrogens (tertiary/aromatic N) is 1. The number of halogens is 2. The van der Waals surface area contributed by atoms with Gasteiger partial charge in [0.1, 0.15) is 0 Å². The molecular weight excluding hydrogens is 423 g/mol. The molecule has 1 heterocycles. The van der Waals surface area contributed by atoms with E-state index in [1.807, 2.05) is 39.0 Å². The van der Waals surface area contributed by atoms with E-state index in [0.717, 1.165) is 26.5 Å². The van der Waals surface area contributed by atoms with Gasteiger partial charge in [0.25, 0.3) is 0 Å². The monoisotopic (exact) mass is 444 g/mol. The Labute approximate surface area is 172 Å². The predicted molar refractivity (Wildman–Crippen MR) is 113 cm³/mol. The van der Waals surface area contributed by atoms with Crippen molar-refractivity contribution in [1.82, 2.24) is 10.3 Å². The topological polar surface area (TPSA) is 51.2 Å². The van der Waals surface area contributed by atoms with E-state index in [1.54, 1.807) is 12.1 Å². The molecule has 0 aliphatic heterocycles. The van der Waals surface area contributed by atoms with Gasteiger partial charge in [-0.05, 0) is 68.3 Å². The summed E-state index contributed by atoms with van der Waals surface area (Å²) in [5.74, 6) is -0.373. The Hall–Kier alpha value is -2.47. The van der Waals surface area contributed by atoms with Crippen LogP contribution in [0.1, 0.15) is 25.0 Å². The Morgan fingerprint density at radius 2 is 2.00 bits per heavy atom. The molecule has 0 bridgehead atoms. The average Bonchev–Trinajstić information content (AvgIpc) is 2.64. The van der Waals surface area contributed by atoms with Crippen LogP contribution in [-0.4, -0.2) is 24.0 Å². The Balaban J connectivity index is 2.23. The molecule has 0 aliphatic rings. The van der Waals surface area contributed by atoms with Crippen molar-refractivity contribution in [3.05, 3.63) is 57.8 Å². The zero-order valence-corrected chi connectivity index (χ0v) is 17.9. The summed E-state index contributed by atoms with van der Waals surface area (Å²) >= 11 is 3.50. The number of methoxy groups -OCH3 is 1. The molecule has 0 fully saturated rings. The van der Waals surface area contributed by atoms with Crippen LogP contribution in [0.2, 0.25) is 0 Å². The first-order valence-corrected chi connectivity index (χ1v) is 9.81. The summed E-state index contributed by atoms with van der Waals surface area (Å²) in [6.45, 7) is 5.83. The standard InChI is InChI=1S/C22H22BrFN2O2/c1-12(2)25-21(27)11-17-13(3)16-10-15(23)6-8-19(16)26-22(17)14-5-7-18(24)20(9-14)28-4/h5-10,12H,11H2,1-4H3,(H,25,27). The second kappa shape index (κ2) is 8.27. The van der Waals surface area contributed by atoms with Crippen LogP contribution in [0, 0.1) is 12.7 Å². The molecule has 0 atom stereocenters. The zero-order chi connectivity index (χ0) is 20.4. The summed E-state index contributed by atoms with van der Waals surface area (Å²) in [7, 11) is 1.43. The van der Waals surface area contributed by atoms with Crippen LogP contribution in [0.3, 0.4) is 0 Å². The minimum Gasteiger partial charge on any atom is -0.494 e. The highest BCUT2D eigenvalue weighted by molar-refractivity contribution is 9.10. The fraction of sp³-hybridized carbons (Fsp3) is 0.273. The van der Waals surface area contributed by atoms with Crippen molar-refractivity contribution < 1.29 is 13.9 Å². The molecule has 3 rings (SSSR count).